The summed E-state index contributed by atoms with van der Waals surface area (Å²) in [5, 5.41) is 4.43. The quantitative estimate of drug-likeness (QED) is 0.642. The standard InChI is InChI=1S/C20H23N3O2/c1-23-19-7-6-18(14-17(19)5-8-20(23)24)25-13-3-11-21-12-9-16-4-2-10-22-15-16/h2,4-8,10,14-15,21H,3,9,11-13H2,1H3. The molecule has 3 aromatic rings. The smallest absolute Gasteiger partial charge is 0.250 e. The van der Waals surface area contributed by atoms with Crippen molar-refractivity contribution in [3.8, 4) is 5.75 Å². The summed E-state index contributed by atoms with van der Waals surface area (Å²) in [6, 6.07) is 13.3. The minimum atomic E-state index is -0.00136. The molecule has 0 spiro atoms. The third kappa shape index (κ3) is 4.67. The van der Waals surface area contributed by atoms with E-state index in [1.54, 1.807) is 23.9 Å². The van der Waals surface area contributed by atoms with E-state index in [2.05, 4.69) is 16.4 Å². The van der Waals surface area contributed by atoms with Gasteiger partial charge < -0.3 is 14.6 Å². The summed E-state index contributed by atoms with van der Waals surface area (Å²) in [6.45, 7) is 2.52. The lowest BCUT2D eigenvalue weighted by molar-refractivity contribution is 0.309. The highest BCUT2D eigenvalue weighted by molar-refractivity contribution is 5.80. The molecule has 0 aliphatic heterocycles. The van der Waals surface area contributed by atoms with Crippen LogP contribution in [0.3, 0.4) is 0 Å². The maximum Gasteiger partial charge on any atom is 0.250 e. The molecule has 0 radical (unpaired) electrons. The summed E-state index contributed by atoms with van der Waals surface area (Å²) in [7, 11) is 1.78. The molecule has 0 unspecified atom stereocenters. The van der Waals surface area contributed by atoms with Crippen LogP contribution in [0.1, 0.15) is 12.0 Å². The first-order chi connectivity index (χ1) is 12.2. The minimum Gasteiger partial charge on any atom is -0.494 e. The molecule has 1 aromatic carbocycles. The first kappa shape index (κ1) is 17.2. The van der Waals surface area contributed by atoms with E-state index in [9.17, 15) is 4.79 Å². The van der Waals surface area contributed by atoms with Gasteiger partial charge in [-0.2, -0.15) is 0 Å². The molecular weight excluding hydrogens is 314 g/mol. The Bertz CT molecular complexity index is 875. The number of ether oxygens (including phenoxy) is 1. The minimum absolute atomic E-state index is 0.00136. The van der Waals surface area contributed by atoms with Crippen LogP contribution >= 0.6 is 0 Å². The van der Waals surface area contributed by atoms with E-state index < -0.39 is 0 Å². The zero-order valence-electron chi connectivity index (χ0n) is 14.4. The van der Waals surface area contributed by atoms with Crippen LogP contribution in [0.4, 0.5) is 0 Å². The van der Waals surface area contributed by atoms with Crippen molar-refractivity contribution in [2.24, 2.45) is 7.05 Å². The molecule has 0 saturated heterocycles. The number of aromatic nitrogens is 2. The summed E-state index contributed by atoms with van der Waals surface area (Å²) >= 11 is 0. The lowest BCUT2D eigenvalue weighted by atomic mass is 10.2. The van der Waals surface area contributed by atoms with Crippen LogP contribution in [0, 0.1) is 0 Å². The summed E-state index contributed by atoms with van der Waals surface area (Å²) in [4.78, 5) is 15.7. The SMILES string of the molecule is Cn1c(=O)ccc2cc(OCCCNCCc3cccnc3)ccc21. The Hall–Kier alpha value is -2.66. The Morgan fingerprint density at radius 2 is 2.08 bits per heavy atom. The van der Waals surface area contributed by atoms with Gasteiger partial charge in [0.2, 0.25) is 0 Å². The summed E-state index contributed by atoms with van der Waals surface area (Å²) < 4.78 is 7.46. The molecule has 0 aliphatic rings. The fraction of sp³-hybridized carbons (Fsp3) is 0.300. The normalized spacial score (nSPS) is 10.9. The van der Waals surface area contributed by atoms with Crippen molar-refractivity contribution in [1.82, 2.24) is 14.9 Å². The molecule has 5 nitrogen and oxygen atoms in total. The van der Waals surface area contributed by atoms with Crippen molar-refractivity contribution in [2.45, 2.75) is 12.8 Å². The fourth-order valence-corrected chi connectivity index (χ4v) is 2.74. The Morgan fingerprint density at radius 1 is 1.16 bits per heavy atom. The summed E-state index contributed by atoms with van der Waals surface area (Å²) in [5.41, 5.74) is 2.16. The van der Waals surface area contributed by atoms with E-state index in [4.69, 9.17) is 4.74 Å². The maximum absolute atomic E-state index is 11.6. The molecule has 3 rings (SSSR count). The number of fused-ring (bicyclic) bond motifs is 1. The van der Waals surface area contributed by atoms with Gasteiger partial charge in [0.1, 0.15) is 5.75 Å². The second-order valence-electron chi connectivity index (χ2n) is 6.01. The zero-order chi connectivity index (χ0) is 17.5. The van der Waals surface area contributed by atoms with E-state index in [-0.39, 0.29) is 5.56 Å². The Balaban J connectivity index is 1.40. The predicted molar refractivity (Wildman–Crippen MR) is 100 cm³/mol. The Morgan fingerprint density at radius 3 is 2.92 bits per heavy atom. The van der Waals surface area contributed by atoms with Gasteiger partial charge in [-0.1, -0.05) is 6.07 Å². The number of benzene rings is 1. The molecule has 0 fully saturated rings. The van der Waals surface area contributed by atoms with Gasteiger partial charge in [0, 0.05) is 30.9 Å². The lowest BCUT2D eigenvalue weighted by Crippen LogP contribution is -2.20. The van der Waals surface area contributed by atoms with Gasteiger partial charge >= 0.3 is 0 Å². The van der Waals surface area contributed by atoms with Crippen molar-refractivity contribution in [1.29, 1.82) is 0 Å². The maximum atomic E-state index is 11.6. The van der Waals surface area contributed by atoms with Crippen LogP contribution in [-0.4, -0.2) is 29.2 Å². The van der Waals surface area contributed by atoms with Gasteiger partial charge in [-0.15, -0.1) is 0 Å². The van der Waals surface area contributed by atoms with Crippen molar-refractivity contribution >= 4 is 10.9 Å². The molecule has 0 saturated carbocycles. The lowest BCUT2D eigenvalue weighted by Gasteiger charge is -2.09. The monoisotopic (exact) mass is 337 g/mol. The molecule has 0 atom stereocenters. The molecule has 5 heteroatoms. The van der Waals surface area contributed by atoms with Gasteiger partial charge in [0.05, 0.1) is 12.1 Å². The highest BCUT2D eigenvalue weighted by Crippen LogP contribution is 2.19. The van der Waals surface area contributed by atoms with Gasteiger partial charge in [-0.05, 0) is 61.8 Å². The average Bonchev–Trinajstić information content (AvgIpc) is 2.65. The average molecular weight is 337 g/mol. The van der Waals surface area contributed by atoms with Crippen molar-refractivity contribution in [3.05, 3.63) is 70.8 Å². The molecule has 0 aliphatic carbocycles. The molecule has 0 amide bonds. The van der Waals surface area contributed by atoms with Gasteiger partial charge in [-0.25, -0.2) is 0 Å². The van der Waals surface area contributed by atoms with Gasteiger partial charge in [-0.3, -0.25) is 9.78 Å². The van der Waals surface area contributed by atoms with Crippen molar-refractivity contribution in [2.75, 3.05) is 19.7 Å². The largest absolute Gasteiger partial charge is 0.494 e. The second-order valence-corrected chi connectivity index (χ2v) is 6.01. The number of nitrogens with one attached hydrogen (secondary N) is 1. The van der Waals surface area contributed by atoms with Crippen molar-refractivity contribution in [3.63, 3.8) is 0 Å². The first-order valence-corrected chi connectivity index (χ1v) is 8.56. The highest BCUT2D eigenvalue weighted by Gasteiger charge is 2.01. The van der Waals surface area contributed by atoms with E-state index in [1.807, 2.05) is 36.5 Å². The third-order valence-electron chi connectivity index (χ3n) is 4.18. The van der Waals surface area contributed by atoms with Crippen molar-refractivity contribution < 1.29 is 4.74 Å². The summed E-state index contributed by atoms with van der Waals surface area (Å²) in [5.74, 6) is 0.835. The molecule has 130 valence electrons. The topological polar surface area (TPSA) is 56.1 Å². The van der Waals surface area contributed by atoms with Crippen LogP contribution in [0.15, 0.2) is 59.7 Å². The number of aryl methyl sites for hydroxylation is 1. The molecule has 2 aromatic heterocycles. The molecular formula is C20H23N3O2. The molecule has 0 bridgehead atoms. The Kier molecular flexibility index (Phi) is 5.80. The first-order valence-electron chi connectivity index (χ1n) is 8.56. The number of nitrogens with zero attached hydrogens (tertiary/aromatic N) is 2. The van der Waals surface area contributed by atoms with E-state index in [1.165, 1.54) is 5.56 Å². The van der Waals surface area contributed by atoms with Gasteiger partial charge in [0.15, 0.2) is 0 Å². The molecule has 2 heterocycles. The van der Waals surface area contributed by atoms with Crippen LogP contribution in [0.25, 0.3) is 10.9 Å². The molecule has 1 N–H and O–H groups in total. The summed E-state index contributed by atoms with van der Waals surface area (Å²) in [6.07, 6.45) is 5.62. The van der Waals surface area contributed by atoms with E-state index >= 15 is 0 Å². The van der Waals surface area contributed by atoms with Gasteiger partial charge in [0.25, 0.3) is 5.56 Å². The van der Waals surface area contributed by atoms with Crippen LogP contribution in [-0.2, 0) is 13.5 Å². The number of pyridine rings is 2. The highest BCUT2D eigenvalue weighted by atomic mass is 16.5. The fourth-order valence-electron chi connectivity index (χ4n) is 2.74. The number of hydrogen-bond donors (Lipinski definition) is 1. The van der Waals surface area contributed by atoms with Crippen LogP contribution < -0.4 is 15.6 Å². The Labute approximate surface area is 147 Å². The zero-order valence-corrected chi connectivity index (χ0v) is 14.4. The van der Waals surface area contributed by atoms with Crippen LogP contribution in [0.5, 0.6) is 5.75 Å². The van der Waals surface area contributed by atoms with Crippen LogP contribution in [0.2, 0.25) is 0 Å². The van der Waals surface area contributed by atoms with E-state index in [0.717, 1.165) is 42.6 Å². The second kappa shape index (κ2) is 8.44. The predicted octanol–water partition coefficient (Wildman–Crippen LogP) is 2.53. The van der Waals surface area contributed by atoms with E-state index in [0.29, 0.717) is 6.61 Å². The number of rotatable bonds is 8. The number of hydrogen-bond acceptors (Lipinski definition) is 4. The molecule has 25 heavy (non-hydrogen) atoms. The third-order valence-corrected chi connectivity index (χ3v) is 4.18.